The van der Waals surface area contributed by atoms with Crippen molar-refractivity contribution in [1.29, 1.82) is 0 Å². The summed E-state index contributed by atoms with van der Waals surface area (Å²) in [6, 6.07) is 15.5. The van der Waals surface area contributed by atoms with E-state index in [4.69, 9.17) is 4.98 Å². The molecule has 29 heavy (non-hydrogen) atoms. The number of rotatable bonds is 8. The van der Waals surface area contributed by atoms with Gasteiger partial charge in [-0.05, 0) is 51.5 Å². The van der Waals surface area contributed by atoms with Crippen LogP contribution < -0.4 is 10.6 Å². The molecule has 0 saturated carbocycles. The van der Waals surface area contributed by atoms with Gasteiger partial charge in [0.15, 0.2) is 0 Å². The van der Waals surface area contributed by atoms with Crippen molar-refractivity contribution in [3.05, 3.63) is 65.5 Å². The predicted octanol–water partition coefficient (Wildman–Crippen LogP) is 3.23. The number of benzene rings is 2. The van der Waals surface area contributed by atoms with Crippen LogP contribution in [0.15, 0.2) is 48.5 Å². The van der Waals surface area contributed by atoms with Gasteiger partial charge < -0.3 is 15.2 Å². The van der Waals surface area contributed by atoms with Gasteiger partial charge in [0.25, 0.3) is 5.91 Å². The van der Waals surface area contributed by atoms with Crippen LogP contribution in [-0.2, 0) is 17.8 Å². The van der Waals surface area contributed by atoms with E-state index in [2.05, 4.69) is 10.6 Å². The number of hydrogen-bond acceptors (Lipinski definition) is 3. The molecule has 0 aliphatic carbocycles. The summed E-state index contributed by atoms with van der Waals surface area (Å²) in [6.07, 6.45) is 1.42. The van der Waals surface area contributed by atoms with E-state index < -0.39 is 0 Å². The van der Waals surface area contributed by atoms with E-state index in [-0.39, 0.29) is 24.4 Å². The lowest BCUT2D eigenvalue weighted by Gasteiger charge is -2.12. The van der Waals surface area contributed by atoms with Crippen LogP contribution in [0.25, 0.3) is 11.0 Å². The van der Waals surface area contributed by atoms with Crippen LogP contribution in [0.2, 0.25) is 0 Å². The lowest BCUT2D eigenvalue weighted by atomic mass is 10.1. The van der Waals surface area contributed by atoms with Crippen LogP contribution in [0.4, 0.5) is 0 Å². The van der Waals surface area contributed by atoms with Gasteiger partial charge in [0.2, 0.25) is 5.91 Å². The average molecular weight is 393 g/mol. The Balaban J connectivity index is 1.64. The fourth-order valence-corrected chi connectivity index (χ4v) is 3.34. The Morgan fingerprint density at radius 1 is 1.10 bits per heavy atom. The van der Waals surface area contributed by atoms with Crippen LogP contribution in [0.1, 0.15) is 42.0 Å². The third-order valence-corrected chi connectivity index (χ3v) is 4.63. The monoisotopic (exact) mass is 392 g/mol. The Bertz CT molecular complexity index is 1010. The smallest absolute Gasteiger partial charge is 0.251 e. The second kappa shape index (κ2) is 9.37. The molecule has 6 heteroatoms. The summed E-state index contributed by atoms with van der Waals surface area (Å²) >= 11 is 0. The highest BCUT2D eigenvalue weighted by molar-refractivity contribution is 5.94. The molecule has 0 fully saturated rings. The first-order valence-corrected chi connectivity index (χ1v) is 10.0. The molecule has 2 aromatic carbocycles. The number of imidazole rings is 1. The molecule has 2 amide bonds. The van der Waals surface area contributed by atoms with Gasteiger partial charge in [-0.1, -0.05) is 29.8 Å². The topological polar surface area (TPSA) is 76.0 Å². The van der Waals surface area contributed by atoms with Gasteiger partial charge in [-0.15, -0.1) is 0 Å². The zero-order chi connectivity index (χ0) is 20.8. The summed E-state index contributed by atoms with van der Waals surface area (Å²) in [5.74, 6) is 0.755. The number of carbonyl (C=O) groups excluding carboxylic acids is 2. The van der Waals surface area contributed by atoms with Gasteiger partial charge in [-0.3, -0.25) is 9.59 Å². The number of carbonyl (C=O) groups is 2. The molecule has 0 aliphatic heterocycles. The molecule has 0 unspecified atom stereocenters. The molecule has 1 aromatic heterocycles. The molecule has 3 aromatic rings. The molecule has 0 saturated heterocycles. The van der Waals surface area contributed by atoms with Gasteiger partial charge >= 0.3 is 0 Å². The fourth-order valence-electron chi connectivity index (χ4n) is 3.34. The number of para-hydroxylation sites is 2. The van der Waals surface area contributed by atoms with Crippen LogP contribution >= 0.6 is 0 Å². The molecular weight excluding hydrogens is 364 g/mol. The van der Waals surface area contributed by atoms with Crippen molar-refractivity contribution in [3.63, 3.8) is 0 Å². The second-order valence-electron chi connectivity index (χ2n) is 7.55. The fraction of sp³-hybridized carbons (Fsp3) is 0.348. The molecule has 3 rings (SSSR count). The van der Waals surface area contributed by atoms with Crippen molar-refractivity contribution in [2.75, 3.05) is 6.54 Å². The van der Waals surface area contributed by atoms with Crippen molar-refractivity contribution in [2.24, 2.45) is 0 Å². The van der Waals surface area contributed by atoms with Crippen molar-refractivity contribution >= 4 is 22.8 Å². The van der Waals surface area contributed by atoms with E-state index in [9.17, 15) is 9.59 Å². The number of hydrogen-bond donors (Lipinski definition) is 2. The van der Waals surface area contributed by atoms with E-state index in [0.29, 0.717) is 18.5 Å². The van der Waals surface area contributed by atoms with Crippen molar-refractivity contribution in [3.8, 4) is 0 Å². The summed E-state index contributed by atoms with van der Waals surface area (Å²) in [4.78, 5) is 29.3. The SMILES string of the molecule is Cc1cccc(C(=O)NCCCc2nc3ccccc3n2CC(=O)NC(C)C)c1. The lowest BCUT2D eigenvalue weighted by Crippen LogP contribution is -2.33. The zero-order valence-corrected chi connectivity index (χ0v) is 17.2. The molecule has 0 atom stereocenters. The minimum absolute atomic E-state index is 0.0304. The third kappa shape index (κ3) is 5.44. The lowest BCUT2D eigenvalue weighted by molar-refractivity contribution is -0.122. The summed E-state index contributed by atoms with van der Waals surface area (Å²) in [6.45, 7) is 6.65. The van der Waals surface area contributed by atoms with Crippen LogP contribution in [0.5, 0.6) is 0 Å². The predicted molar refractivity (Wildman–Crippen MR) is 115 cm³/mol. The molecule has 0 aliphatic rings. The summed E-state index contributed by atoms with van der Waals surface area (Å²) < 4.78 is 1.97. The Morgan fingerprint density at radius 2 is 1.90 bits per heavy atom. The highest BCUT2D eigenvalue weighted by Crippen LogP contribution is 2.17. The molecule has 1 heterocycles. The summed E-state index contributed by atoms with van der Waals surface area (Å²) in [5, 5.41) is 5.89. The molecule has 152 valence electrons. The molecule has 2 N–H and O–H groups in total. The highest BCUT2D eigenvalue weighted by Gasteiger charge is 2.14. The van der Waals surface area contributed by atoms with Gasteiger partial charge in [0.05, 0.1) is 11.0 Å². The number of aryl methyl sites for hydroxylation is 2. The Morgan fingerprint density at radius 3 is 2.66 bits per heavy atom. The second-order valence-corrected chi connectivity index (χ2v) is 7.55. The molecule has 6 nitrogen and oxygen atoms in total. The first-order valence-electron chi connectivity index (χ1n) is 10.0. The Labute approximate surface area is 171 Å². The molecule has 0 bridgehead atoms. The van der Waals surface area contributed by atoms with Gasteiger partial charge in [0.1, 0.15) is 12.4 Å². The third-order valence-electron chi connectivity index (χ3n) is 4.63. The van der Waals surface area contributed by atoms with E-state index in [0.717, 1.165) is 28.8 Å². The largest absolute Gasteiger partial charge is 0.352 e. The number of aromatic nitrogens is 2. The number of nitrogens with zero attached hydrogens (tertiary/aromatic N) is 2. The van der Waals surface area contributed by atoms with Crippen LogP contribution in [0.3, 0.4) is 0 Å². The van der Waals surface area contributed by atoms with Gasteiger partial charge in [0, 0.05) is 24.6 Å². The minimum atomic E-state index is -0.0708. The molecule has 0 spiro atoms. The Kier molecular flexibility index (Phi) is 6.65. The highest BCUT2D eigenvalue weighted by atomic mass is 16.2. The zero-order valence-electron chi connectivity index (χ0n) is 17.2. The van der Waals surface area contributed by atoms with E-state index in [1.807, 2.05) is 73.9 Å². The summed E-state index contributed by atoms with van der Waals surface area (Å²) in [5.41, 5.74) is 3.56. The first kappa shape index (κ1) is 20.6. The first-order chi connectivity index (χ1) is 13.9. The van der Waals surface area contributed by atoms with Gasteiger partial charge in [-0.2, -0.15) is 0 Å². The average Bonchev–Trinajstić information content (AvgIpc) is 3.02. The number of nitrogens with one attached hydrogen (secondary N) is 2. The number of amides is 2. The maximum Gasteiger partial charge on any atom is 0.251 e. The van der Waals surface area contributed by atoms with E-state index in [1.54, 1.807) is 0 Å². The molecule has 0 radical (unpaired) electrons. The van der Waals surface area contributed by atoms with E-state index >= 15 is 0 Å². The van der Waals surface area contributed by atoms with Crippen molar-refractivity contribution in [2.45, 2.75) is 46.2 Å². The normalized spacial score (nSPS) is 11.0. The Hall–Kier alpha value is -3.15. The minimum Gasteiger partial charge on any atom is -0.352 e. The quantitative estimate of drug-likeness (QED) is 0.578. The van der Waals surface area contributed by atoms with Crippen molar-refractivity contribution < 1.29 is 9.59 Å². The van der Waals surface area contributed by atoms with Crippen LogP contribution in [-0.4, -0.2) is 34.0 Å². The standard InChI is InChI=1S/C23H28N4O2/c1-16(2)25-22(28)15-27-20-11-5-4-10-19(20)26-21(27)12-7-13-24-23(29)18-9-6-8-17(3)14-18/h4-6,8-11,14,16H,7,12-13,15H2,1-3H3,(H,24,29)(H,25,28). The van der Waals surface area contributed by atoms with Crippen LogP contribution in [0, 0.1) is 6.92 Å². The van der Waals surface area contributed by atoms with Crippen molar-refractivity contribution in [1.82, 2.24) is 20.2 Å². The maximum atomic E-state index is 12.3. The van der Waals surface area contributed by atoms with E-state index in [1.165, 1.54) is 0 Å². The van der Waals surface area contributed by atoms with Gasteiger partial charge in [-0.25, -0.2) is 4.98 Å². The number of fused-ring (bicyclic) bond motifs is 1. The summed E-state index contributed by atoms with van der Waals surface area (Å²) in [7, 11) is 0. The maximum absolute atomic E-state index is 12.3. The molecular formula is C23H28N4O2.